The molecule has 7 nitrogen and oxygen atoms in total. The molecule has 8 heteroatoms. The van der Waals surface area contributed by atoms with E-state index in [1.54, 1.807) is 11.3 Å². The molecule has 12 rings (SSSR count). The average molecular weight is 750 g/mol. The molecule has 0 saturated heterocycles. The zero-order valence-corrected chi connectivity index (χ0v) is 30.9. The molecule has 7 aromatic carbocycles. The Morgan fingerprint density at radius 3 is 1.68 bits per heavy atom. The molecule has 0 unspecified atom stereocenters. The van der Waals surface area contributed by atoms with E-state index in [0.29, 0.717) is 23.3 Å². The van der Waals surface area contributed by atoms with Gasteiger partial charge in [-0.15, -0.1) is 11.3 Å². The molecule has 0 N–H and O–H groups in total. The van der Waals surface area contributed by atoms with Gasteiger partial charge in [0.2, 0.25) is 0 Å². The number of para-hydroxylation sites is 2. The van der Waals surface area contributed by atoms with E-state index in [1.165, 1.54) is 0 Å². The highest BCUT2D eigenvalue weighted by molar-refractivity contribution is 7.26. The highest BCUT2D eigenvalue weighted by Crippen LogP contribution is 2.45. The molecule has 57 heavy (non-hydrogen) atoms. The van der Waals surface area contributed by atoms with E-state index in [9.17, 15) is 0 Å². The average Bonchev–Trinajstić information content (AvgIpc) is 3.98. The molecular weight excluding hydrogens is 723 g/mol. The van der Waals surface area contributed by atoms with E-state index in [4.69, 9.17) is 33.8 Å². The van der Waals surface area contributed by atoms with Gasteiger partial charge in [-0.3, -0.25) is 0 Å². The number of hydrogen-bond acceptors (Lipinski definition) is 8. The molecule has 0 spiro atoms. The molecular formula is C49H27N5O2S. The third-order valence-electron chi connectivity index (χ3n) is 10.6. The van der Waals surface area contributed by atoms with Gasteiger partial charge in [0.15, 0.2) is 23.3 Å². The van der Waals surface area contributed by atoms with Crippen LogP contribution >= 0.6 is 11.3 Å². The highest BCUT2D eigenvalue weighted by atomic mass is 32.1. The number of rotatable bonds is 5. The van der Waals surface area contributed by atoms with Crippen molar-refractivity contribution in [1.82, 2.24) is 24.9 Å². The van der Waals surface area contributed by atoms with E-state index in [0.717, 1.165) is 97.7 Å². The zero-order chi connectivity index (χ0) is 37.5. The normalized spacial score (nSPS) is 11.9. The van der Waals surface area contributed by atoms with Crippen molar-refractivity contribution in [3.8, 4) is 56.8 Å². The standard InChI is InChI=1S/C49H27N5O2S/c1-3-14-28(15-4-1)46-50-42-32-19-8-10-27-39(32)57-45(42)43(51-46)33-21-12-25-37-40(33)41-34(22-13-26-38(41)55-37)48-52-47(29-16-5-2-6-17-29)53-49(54-48)35-23-11-20-31-30-18-7-9-24-36(30)56-44(31)35/h1-27H. The summed E-state index contributed by atoms with van der Waals surface area (Å²) in [6.45, 7) is 0. The lowest BCUT2D eigenvalue weighted by Crippen LogP contribution is -2.00. The number of nitrogens with zero attached hydrogens (tertiary/aromatic N) is 5. The van der Waals surface area contributed by atoms with Crippen LogP contribution in [0.4, 0.5) is 0 Å². The van der Waals surface area contributed by atoms with Crippen LogP contribution in [0.15, 0.2) is 173 Å². The van der Waals surface area contributed by atoms with Crippen LogP contribution in [0.25, 0.3) is 121 Å². The topological polar surface area (TPSA) is 90.7 Å². The van der Waals surface area contributed by atoms with Crippen LogP contribution in [0.5, 0.6) is 0 Å². The van der Waals surface area contributed by atoms with Crippen LogP contribution in [0.1, 0.15) is 0 Å². The second-order valence-corrected chi connectivity index (χ2v) is 15.0. The van der Waals surface area contributed by atoms with E-state index in [-0.39, 0.29) is 0 Å². The predicted molar refractivity (Wildman–Crippen MR) is 230 cm³/mol. The molecule has 5 aromatic heterocycles. The first kappa shape index (κ1) is 31.8. The molecule has 12 aromatic rings. The van der Waals surface area contributed by atoms with E-state index >= 15 is 0 Å². The fraction of sp³-hybridized carbons (Fsp3) is 0. The molecule has 0 amide bonds. The van der Waals surface area contributed by atoms with Crippen molar-refractivity contribution in [2.45, 2.75) is 0 Å². The Hall–Kier alpha value is -7.55. The second kappa shape index (κ2) is 12.5. The van der Waals surface area contributed by atoms with Crippen molar-refractivity contribution in [3.05, 3.63) is 164 Å². The maximum absolute atomic E-state index is 6.66. The van der Waals surface area contributed by atoms with Gasteiger partial charge in [0.05, 0.1) is 21.5 Å². The maximum Gasteiger partial charge on any atom is 0.167 e. The van der Waals surface area contributed by atoms with Crippen molar-refractivity contribution in [2.24, 2.45) is 0 Å². The molecule has 0 bridgehead atoms. The number of fused-ring (bicyclic) bond motifs is 9. The summed E-state index contributed by atoms with van der Waals surface area (Å²) in [5, 5.41) is 4.99. The molecule has 0 fully saturated rings. The fourth-order valence-electron chi connectivity index (χ4n) is 8.00. The Morgan fingerprint density at radius 1 is 0.368 bits per heavy atom. The van der Waals surface area contributed by atoms with E-state index in [1.807, 2.05) is 103 Å². The van der Waals surface area contributed by atoms with Crippen LogP contribution in [-0.4, -0.2) is 24.9 Å². The maximum atomic E-state index is 6.66. The quantitative estimate of drug-likeness (QED) is 0.173. The van der Waals surface area contributed by atoms with Gasteiger partial charge in [-0.05, 0) is 30.3 Å². The smallest absolute Gasteiger partial charge is 0.167 e. The predicted octanol–water partition coefficient (Wildman–Crippen LogP) is 13.2. The van der Waals surface area contributed by atoms with Crippen molar-refractivity contribution < 1.29 is 8.83 Å². The molecule has 0 aliphatic rings. The molecule has 266 valence electrons. The number of hydrogen-bond donors (Lipinski definition) is 0. The van der Waals surface area contributed by atoms with Crippen LogP contribution < -0.4 is 0 Å². The number of furan rings is 2. The Labute approximate surface area is 328 Å². The Kier molecular flexibility index (Phi) is 6.96. The summed E-state index contributed by atoms with van der Waals surface area (Å²) in [6, 6.07) is 55.0. The molecule has 5 heterocycles. The Bertz CT molecular complexity index is 3540. The fourth-order valence-corrected chi connectivity index (χ4v) is 9.14. The molecule has 0 radical (unpaired) electrons. The SMILES string of the molecule is c1ccc(-c2nc(-c3cccc4c3oc3ccccc34)nc(-c3cccc4oc5cccc(-c6nc(-c7ccccc7)nc7c6sc6ccccc67)c5c34)n2)cc1. The lowest BCUT2D eigenvalue weighted by atomic mass is 9.99. The minimum absolute atomic E-state index is 0.517. The number of thiophene rings is 1. The summed E-state index contributed by atoms with van der Waals surface area (Å²) in [6.07, 6.45) is 0. The monoisotopic (exact) mass is 749 g/mol. The molecule has 0 saturated carbocycles. The summed E-state index contributed by atoms with van der Waals surface area (Å²) in [5.41, 5.74) is 9.17. The lowest BCUT2D eigenvalue weighted by Gasteiger charge is -2.11. The Morgan fingerprint density at radius 2 is 0.912 bits per heavy atom. The van der Waals surface area contributed by atoms with Crippen molar-refractivity contribution in [3.63, 3.8) is 0 Å². The van der Waals surface area contributed by atoms with Crippen molar-refractivity contribution in [1.29, 1.82) is 0 Å². The van der Waals surface area contributed by atoms with Gasteiger partial charge in [-0.2, -0.15) is 0 Å². The van der Waals surface area contributed by atoms with Crippen LogP contribution in [0, 0.1) is 0 Å². The van der Waals surface area contributed by atoms with Gasteiger partial charge in [0, 0.05) is 53.9 Å². The van der Waals surface area contributed by atoms with Gasteiger partial charge in [0.1, 0.15) is 22.3 Å². The van der Waals surface area contributed by atoms with Crippen LogP contribution in [0.2, 0.25) is 0 Å². The first-order chi connectivity index (χ1) is 28.2. The van der Waals surface area contributed by atoms with Gasteiger partial charge in [-0.25, -0.2) is 24.9 Å². The molecule has 0 atom stereocenters. The van der Waals surface area contributed by atoms with Crippen LogP contribution in [0.3, 0.4) is 0 Å². The van der Waals surface area contributed by atoms with Gasteiger partial charge < -0.3 is 8.83 Å². The first-order valence-electron chi connectivity index (χ1n) is 18.7. The lowest BCUT2D eigenvalue weighted by molar-refractivity contribution is 0.668. The van der Waals surface area contributed by atoms with Crippen LogP contribution in [-0.2, 0) is 0 Å². The van der Waals surface area contributed by atoms with Crippen molar-refractivity contribution >= 4 is 75.5 Å². The summed E-state index contributed by atoms with van der Waals surface area (Å²) in [4.78, 5) is 26.0. The van der Waals surface area contributed by atoms with Gasteiger partial charge >= 0.3 is 0 Å². The van der Waals surface area contributed by atoms with Gasteiger partial charge in [0.25, 0.3) is 0 Å². The van der Waals surface area contributed by atoms with Gasteiger partial charge in [-0.1, -0.05) is 133 Å². The first-order valence-corrected chi connectivity index (χ1v) is 19.5. The highest BCUT2D eigenvalue weighted by Gasteiger charge is 2.24. The minimum atomic E-state index is 0.517. The summed E-state index contributed by atoms with van der Waals surface area (Å²) in [7, 11) is 0. The second-order valence-electron chi connectivity index (χ2n) is 14.0. The molecule has 0 aliphatic carbocycles. The third kappa shape index (κ3) is 5.01. The number of aromatic nitrogens is 5. The summed E-state index contributed by atoms with van der Waals surface area (Å²) < 4.78 is 15.3. The zero-order valence-electron chi connectivity index (χ0n) is 30.0. The third-order valence-corrected chi connectivity index (χ3v) is 11.7. The van der Waals surface area contributed by atoms with E-state index < -0.39 is 0 Å². The Balaban J connectivity index is 1.15. The minimum Gasteiger partial charge on any atom is -0.456 e. The van der Waals surface area contributed by atoms with E-state index in [2.05, 4.69) is 60.7 Å². The molecule has 0 aliphatic heterocycles. The summed E-state index contributed by atoms with van der Waals surface area (Å²) >= 11 is 1.71. The largest absolute Gasteiger partial charge is 0.456 e. The van der Waals surface area contributed by atoms with Crippen molar-refractivity contribution in [2.75, 3.05) is 0 Å². The summed E-state index contributed by atoms with van der Waals surface area (Å²) in [5.74, 6) is 2.27. The number of benzene rings is 7.